The summed E-state index contributed by atoms with van der Waals surface area (Å²) in [4.78, 5) is 11.6. The van der Waals surface area contributed by atoms with E-state index in [1.54, 1.807) is 18.2 Å². The number of Topliss-reactive ketones (excluding diaryl/α,β-unsaturated/α-hetero) is 1. The Balaban J connectivity index is 2.59. The fourth-order valence-electron chi connectivity index (χ4n) is 1.53. The number of nitrogens with one attached hydrogen (secondary N) is 1. The van der Waals surface area contributed by atoms with Gasteiger partial charge in [0.15, 0.2) is 17.3 Å². The molecule has 0 amide bonds. The maximum Gasteiger partial charge on any atom is 0.168 e. The number of hydrogen-bond donors (Lipinski definition) is 1. The van der Waals surface area contributed by atoms with E-state index in [1.165, 1.54) is 7.11 Å². The second-order valence-electron chi connectivity index (χ2n) is 3.83. The van der Waals surface area contributed by atoms with Gasteiger partial charge in [0.2, 0.25) is 0 Å². The molecule has 0 radical (unpaired) electrons. The molecule has 0 aliphatic rings. The zero-order valence-corrected chi connectivity index (χ0v) is 10.3. The van der Waals surface area contributed by atoms with Gasteiger partial charge in [0.1, 0.15) is 0 Å². The molecule has 3 nitrogen and oxygen atoms in total. The van der Waals surface area contributed by atoms with Crippen molar-refractivity contribution in [2.45, 2.75) is 19.8 Å². The first-order valence-corrected chi connectivity index (χ1v) is 5.72. The maximum atomic E-state index is 13.7. The number of methoxy groups -OCH3 is 1. The smallest absolute Gasteiger partial charge is 0.168 e. The topological polar surface area (TPSA) is 38.3 Å². The molecular formula is C13H18FNO2. The number of ketones is 1. The Bertz CT molecular complexity index is 380. The lowest BCUT2D eigenvalue weighted by molar-refractivity contribution is -0.117. The highest BCUT2D eigenvalue weighted by atomic mass is 19.1. The summed E-state index contributed by atoms with van der Waals surface area (Å²) in [5.41, 5.74) is 0.382. The van der Waals surface area contributed by atoms with E-state index >= 15 is 0 Å². The minimum absolute atomic E-state index is 0.0226. The van der Waals surface area contributed by atoms with Crippen LogP contribution in [-0.4, -0.2) is 26.0 Å². The summed E-state index contributed by atoms with van der Waals surface area (Å²) in [6, 6.07) is 4.83. The molecule has 0 aliphatic carbocycles. The molecule has 1 aromatic carbocycles. The predicted molar refractivity (Wildman–Crippen MR) is 64.8 cm³/mol. The Hall–Kier alpha value is -1.42. The van der Waals surface area contributed by atoms with Gasteiger partial charge in [-0.1, -0.05) is 19.1 Å². The number of rotatable bonds is 7. The van der Waals surface area contributed by atoms with Crippen LogP contribution in [0.15, 0.2) is 18.2 Å². The zero-order valence-electron chi connectivity index (χ0n) is 10.3. The highest BCUT2D eigenvalue weighted by Crippen LogP contribution is 2.20. The summed E-state index contributed by atoms with van der Waals surface area (Å²) in [5, 5.41) is 3.00. The molecule has 1 aromatic rings. The van der Waals surface area contributed by atoms with Crippen molar-refractivity contribution in [1.29, 1.82) is 0 Å². The van der Waals surface area contributed by atoms with Crippen LogP contribution >= 0.6 is 0 Å². The molecule has 0 saturated carbocycles. The van der Waals surface area contributed by atoms with Crippen LogP contribution in [-0.2, 0) is 11.2 Å². The minimum Gasteiger partial charge on any atom is -0.494 e. The quantitative estimate of drug-likeness (QED) is 0.739. The normalized spacial score (nSPS) is 10.3. The lowest BCUT2D eigenvalue weighted by atomic mass is 10.1. The van der Waals surface area contributed by atoms with Crippen molar-refractivity contribution in [1.82, 2.24) is 5.32 Å². The molecule has 0 heterocycles. The van der Waals surface area contributed by atoms with Gasteiger partial charge >= 0.3 is 0 Å². The molecule has 0 unspecified atom stereocenters. The van der Waals surface area contributed by atoms with Crippen molar-refractivity contribution in [2.75, 3.05) is 20.2 Å². The second-order valence-corrected chi connectivity index (χ2v) is 3.83. The molecule has 17 heavy (non-hydrogen) atoms. The van der Waals surface area contributed by atoms with E-state index in [9.17, 15) is 9.18 Å². The number of ether oxygens (including phenoxy) is 1. The second kappa shape index (κ2) is 7.01. The Morgan fingerprint density at radius 1 is 1.47 bits per heavy atom. The lowest BCUT2D eigenvalue weighted by Crippen LogP contribution is -2.25. The van der Waals surface area contributed by atoms with Gasteiger partial charge in [0.05, 0.1) is 13.7 Å². The molecule has 94 valence electrons. The van der Waals surface area contributed by atoms with Crippen LogP contribution in [0.25, 0.3) is 0 Å². The number of carbonyl (C=O) groups is 1. The first kappa shape index (κ1) is 13.6. The molecule has 0 aliphatic heterocycles. The Morgan fingerprint density at radius 2 is 2.24 bits per heavy atom. The van der Waals surface area contributed by atoms with Gasteiger partial charge in [-0.3, -0.25) is 4.79 Å². The molecule has 1 rings (SSSR count). The van der Waals surface area contributed by atoms with E-state index in [1.807, 2.05) is 6.92 Å². The fourth-order valence-corrected chi connectivity index (χ4v) is 1.53. The summed E-state index contributed by atoms with van der Waals surface area (Å²) < 4.78 is 18.6. The van der Waals surface area contributed by atoms with Gasteiger partial charge in [-0.2, -0.15) is 0 Å². The highest BCUT2D eigenvalue weighted by molar-refractivity contribution is 5.82. The monoisotopic (exact) mass is 239 g/mol. The van der Waals surface area contributed by atoms with Crippen molar-refractivity contribution in [3.05, 3.63) is 29.6 Å². The fraction of sp³-hybridized carbons (Fsp3) is 0.462. The van der Waals surface area contributed by atoms with Gasteiger partial charge in [0.25, 0.3) is 0 Å². The molecule has 0 bridgehead atoms. The first-order valence-electron chi connectivity index (χ1n) is 5.72. The average Bonchev–Trinajstić information content (AvgIpc) is 2.32. The molecule has 1 N–H and O–H groups in total. The van der Waals surface area contributed by atoms with E-state index < -0.39 is 5.82 Å². The summed E-state index contributed by atoms with van der Waals surface area (Å²) in [6.45, 7) is 3.11. The molecule has 4 heteroatoms. The van der Waals surface area contributed by atoms with E-state index in [2.05, 4.69) is 5.32 Å². The zero-order chi connectivity index (χ0) is 12.7. The Labute approximate surface area is 101 Å². The molecule has 0 aromatic heterocycles. The van der Waals surface area contributed by atoms with Crippen LogP contribution in [0.1, 0.15) is 18.9 Å². The standard InChI is InChI=1S/C13H18FNO2/c1-3-7-15-9-11(16)8-10-5-4-6-12(17-2)13(10)14/h4-6,15H,3,7-9H2,1-2H3. The molecule has 0 saturated heterocycles. The van der Waals surface area contributed by atoms with E-state index in [4.69, 9.17) is 4.74 Å². The number of carbonyl (C=O) groups excluding carboxylic acids is 1. The maximum absolute atomic E-state index is 13.7. The number of hydrogen-bond acceptors (Lipinski definition) is 3. The Kier molecular flexibility index (Phi) is 5.63. The highest BCUT2D eigenvalue weighted by Gasteiger charge is 2.11. The predicted octanol–water partition coefficient (Wildman–Crippen LogP) is 1.95. The third-order valence-electron chi connectivity index (χ3n) is 2.40. The van der Waals surface area contributed by atoms with Crippen LogP contribution < -0.4 is 10.1 Å². The van der Waals surface area contributed by atoms with E-state index in [-0.39, 0.29) is 24.5 Å². The van der Waals surface area contributed by atoms with Gasteiger partial charge in [0, 0.05) is 6.42 Å². The van der Waals surface area contributed by atoms with Crippen molar-refractivity contribution >= 4 is 5.78 Å². The van der Waals surface area contributed by atoms with Crippen molar-refractivity contribution < 1.29 is 13.9 Å². The third-order valence-corrected chi connectivity index (χ3v) is 2.40. The Morgan fingerprint density at radius 3 is 2.88 bits per heavy atom. The van der Waals surface area contributed by atoms with Gasteiger partial charge in [-0.15, -0.1) is 0 Å². The van der Waals surface area contributed by atoms with Gasteiger partial charge < -0.3 is 10.1 Å². The van der Waals surface area contributed by atoms with Gasteiger partial charge in [-0.05, 0) is 24.6 Å². The molecule has 0 fully saturated rings. The van der Waals surface area contributed by atoms with E-state index in [0.717, 1.165) is 13.0 Å². The van der Waals surface area contributed by atoms with Gasteiger partial charge in [-0.25, -0.2) is 4.39 Å². The van der Waals surface area contributed by atoms with Crippen molar-refractivity contribution in [2.24, 2.45) is 0 Å². The largest absolute Gasteiger partial charge is 0.494 e. The average molecular weight is 239 g/mol. The summed E-state index contributed by atoms with van der Waals surface area (Å²) >= 11 is 0. The van der Waals surface area contributed by atoms with Crippen LogP contribution in [0, 0.1) is 5.82 Å². The van der Waals surface area contributed by atoms with E-state index in [0.29, 0.717) is 5.56 Å². The summed E-state index contributed by atoms with van der Waals surface area (Å²) in [5.74, 6) is -0.290. The molecular weight excluding hydrogens is 221 g/mol. The number of halogens is 1. The van der Waals surface area contributed by atoms with Crippen molar-refractivity contribution in [3.63, 3.8) is 0 Å². The SMILES string of the molecule is CCCNCC(=O)Cc1cccc(OC)c1F. The van der Waals surface area contributed by atoms with Crippen LogP contribution in [0.5, 0.6) is 5.75 Å². The summed E-state index contributed by atoms with van der Waals surface area (Å²) in [7, 11) is 1.41. The van der Waals surface area contributed by atoms with Crippen LogP contribution in [0.4, 0.5) is 4.39 Å². The summed E-state index contributed by atoms with van der Waals surface area (Å²) in [6.07, 6.45) is 1.07. The molecule has 0 atom stereocenters. The van der Waals surface area contributed by atoms with Crippen LogP contribution in [0.3, 0.4) is 0 Å². The third kappa shape index (κ3) is 4.15. The number of benzene rings is 1. The minimum atomic E-state index is -0.446. The first-order chi connectivity index (χ1) is 8.19. The van der Waals surface area contributed by atoms with Crippen LogP contribution in [0.2, 0.25) is 0 Å². The van der Waals surface area contributed by atoms with Crippen molar-refractivity contribution in [3.8, 4) is 5.75 Å². The lowest BCUT2D eigenvalue weighted by Gasteiger charge is -2.07. The molecule has 0 spiro atoms.